The van der Waals surface area contributed by atoms with Crippen molar-refractivity contribution >= 4 is 23.6 Å². The van der Waals surface area contributed by atoms with Crippen LogP contribution in [0.25, 0.3) is 0 Å². The topological polar surface area (TPSA) is 102 Å². The van der Waals surface area contributed by atoms with E-state index in [1.54, 1.807) is 6.07 Å². The summed E-state index contributed by atoms with van der Waals surface area (Å²) in [5.41, 5.74) is 0.292. The van der Waals surface area contributed by atoms with Gasteiger partial charge in [0.25, 0.3) is 17.7 Å². The molecule has 1 N–H and O–H groups in total. The first-order chi connectivity index (χ1) is 14.7. The maximum Gasteiger partial charge on any atom is 0.270 e. The van der Waals surface area contributed by atoms with E-state index < -0.39 is 42.2 Å². The summed E-state index contributed by atoms with van der Waals surface area (Å²) in [4.78, 5) is 49.8. The van der Waals surface area contributed by atoms with Crippen LogP contribution in [0, 0.1) is 0 Å². The molecule has 2 aliphatic heterocycles. The van der Waals surface area contributed by atoms with Crippen LogP contribution >= 0.6 is 0 Å². The number of halogens is 2. The third kappa shape index (κ3) is 4.16. The molecule has 3 aliphatic rings. The Balaban J connectivity index is 1.37. The highest BCUT2D eigenvalue weighted by Gasteiger charge is 2.45. The molecule has 2 heterocycles. The standard InChI is InChI=1S/C21H22F2N2O6/c1-2-21(22,23)10-30-12-7-13(8-12)31-11-3-4-14-15(9-11)20(29)25(19(14)28)16-5-6-17(26)24-18(16)27/h3-4,9,12-13,16H,2,5-8,10H2,1H3,(H,24,26,27). The number of amides is 4. The van der Waals surface area contributed by atoms with E-state index >= 15 is 0 Å². The molecule has 1 saturated carbocycles. The van der Waals surface area contributed by atoms with Gasteiger partial charge >= 0.3 is 0 Å². The van der Waals surface area contributed by atoms with Crippen molar-refractivity contribution < 1.29 is 37.4 Å². The van der Waals surface area contributed by atoms with Crippen molar-refractivity contribution in [3.05, 3.63) is 29.3 Å². The molecule has 1 atom stereocenters. The highest BCUT2D eigenvalue weighted by atomic mass is 19.3. The predicted molar refractivity (Wildman–Crippen MR) is 102 cm³/mol. The van der Waals surface area contributed by atoms with E-state index in [9.17, 15) is 28.0 Å². The Labute approximate surface area is 176 Å². The Kier molecular flexibility index (Phi) is 5.50. The van der Waals surface area contributed by atoms with Crippen LogP contribution in [0.2, 0.25) is 0 Å². The fourth-order valence-corrected chi connectivity index (χ4v) is 3.81. The van der Waals surface area contributed by atoms with E-state index in [2.05, 4.69) is 5.32 Å². The van der Waals surface area contributed by atoms with E-state index in [-0.39, 0.29) is 42.6 Å². The zero-order valence-corrected chi connectivity index (χ0v) is 16.9. The lowest BCUT2D eigenvalue weighted by molar-refractivity contribution is -0.136. The fourth-order valence-electron chi connectivity index (χ4n) is 3.81. The van der Waals surface area contributed by atoms with Crippen molar-refractivity contribution in [3.8, 4) is 5.75 Å². The van der Waals surface area contributed by atoms with Gasteiger partial charge in [-0.25, -0.2) is 8.78 Å². The summed E-state index contributed by atoms with van der Waals surface area (Å²) >= 11 is 0. The molecule has 10 heteroatoms. The van der Waals surface area contributed by atoms with Gasteiger partial charge in [0.1, 0.15) is 24.5 Å². The summed E-state index contributed by atoms with van der Waals surface area (Å²) < 4.78 is 37.5. The molecule has 1 saturated heterocycles. The number of imide groups is 2. The van der Waals surface area contributed by atoms with Crippen LogP contribution in [-0.2, 0) is 14.3 Å². The zero-order chi connectivity index (χ0) is 22.3. The molecule has 166 valence electrons. The highest BCUT2D eigenvalue weighted by Crippen LogP contribution is 2.34. The average molecular weight is 436 g/mol. The molecule has 31 heavy (non-hydrogen) atoms. The molecule has 0 aromatic heterocycles. The summed E-state index contributed by atoms with van der Waals surface area (Å²) in [6.45, 7) is 0.782. The molecule has 8 nitrogen and oxygen atoms in total. The van der Waals surface area contributed by atoms with Crippen molar-refractivity contribution in [1.29, 1.82) is 0 Å². The van der Waals surface area contributed by atoms with Crippen LogP contribution in [0.3, 0.4) is 0 Å². The number of hydrogen-bond acceptors (Lipinski definition) is 6. The average Bonchev–Trinajstić information content (AvgIpc) is 2.94. The first-order valence-corrected chi connectivity index (χ1v) is 10.2. The number of hydrogen-bond donors (Lipinski definition) is 1. The number of nitrogens with one attached hydrogen (secondary N) is 1. The predicted octanol–water partition coefficient (Wildman–Crippen LogP) is 2.06. The maximum atomic E-state index is 13.3. The van der Waals surface area contributed by atoms with Crippen LogP contribution in [0.1, 0.15) is 59.7 Å². The van der Waals surface area contributed by atoms with E-state index in [1.165, 1.54) is 19.1 Å². The number of alkyl halides is 2. The molecular formula is C21H22F2N2O6. The van der Waals surface area contributed by atoms with E-state index in [4.69, 9.17) is 9.47 Å². The number of nitrogens with zero attached hydrogens (tertiary/aromatic N) is 1. The number of benzene rings is 1. The molecule has 1 aromatic rings. The summed E-state index contributed by atoms with van der Waals surface area (Å²) in [6.07, 6.45) is 0.211. The molecule has 2 fully saturated rings. The number of carbonyl (C=O) groups excluding carboxylic acids is 4. The molecule has 1 unspecified atom stereocenters. The van der Waals surface area contributed by atoms with E-state index in [0.29, 0.717) is 18.6 Å². The van der Waals surface area contributed by atoms with Crippen LogP contribution in [0.15, 0.2) is 18.2 Å². The Hall–Kier alpha value is -2.88. The number of carbonyl (C=O) groups is 4. The van der Waals surface area contributed by atoms with Gasteiger partial charge in [-0.05, 0) is 24.6 Å². The second-order valence-electron chi connectivity index (χ2n) is 8.01. The second kappa shape index (κ2) is 7.99. The lowest BCUT2D eigenvalue weighted by Crippen LogP contribution is -2.54. The second-order valence-corrected chi connectivity index (χ2v) is 8.01. The van der Waals surface area contributed by atoms with Gasteiger partial charge < -0.3 is 9.47 Å². The van der Waals surface area contributed by atoms with E-state index in [1.807, 2.05) is 0 Å². The van der Waals surface area contributed by atoms with Crippen molar-refractivity contribution in [2.75, 3.05) is 6.61 Å². The minimum Gasteiger partial charge on any atom is -0.490 e. The van der Waals surface area contributed by atoms with Crippen LogP contribution in [0.4, 0.5) is 8.78 Å². The SMILES string of the molecule is CCC(F)(F)COC1CC(Oc2ccc3c(c2)C(=O)N(C2CCC(=O)NC2=O)C3=O)C1. The monoisotopic (exact) mass is 436 g/mol. The number of piperidine rings is 1. The van der Waals surface area contributed by atoms with Gasteiger partial charge in [0.2, 0.25) is 11.8 Å². The Morgan fingerprint density at radius 1 is 1.10 bits per heavy atom. The summed E-state index contributed by atoms with van der Waals surface area (Å²) in [6, 6.07) is 3.43. The fraction of sp³-hybridized carbons (Fsp3) is 0.524. The van der Waals surface area contributed by atoms with Gasteiger partial charge in [-0.1, -0.05) is 6.92 Å². The Bertz CT molecular complexity index is 944. The van der Waals surface area contributed by atoms with E-state index in [0.717, 1.165) is 4.90 Å². The first-order valence-electron chi connectivity index (χ1n) is 10.2. The van der Waals surface area contributed by atoms with Crippen molar-refractivity contribution in [3.63, 3.8) is 0 Å². The molecule has 4 amide bonds. The number of fused-ring (bicyclic) bond motifs is 1. The smallest absolute Gasteiger partial charge is 0.270 e. The quantitative estimate of drug-likeness (QED) is 0.657. The minimum absolute atomic E-state index is 0.0489. The summed E-state index contributed by atoms with van der Waals surface area (Å²) in [5, 5.41) is 2.15. The highest BCUT2D eigenvalue weighted by molar-refractivity contribution is 6.23. The van der Waals surface area contributed by atoms with Gasteiger partial charge in [0.15, 0.2) is 0 Å². The van der Waals surface area contributed by atoms with Gasteiger partial charge in [-0.15, -0.1) is 0 Å². The normalized spacial score (nSPS) is 25.9. The van der Waals surface area contributed by atoms with Gasteiger partial charge in [-0.3, -0.25) is 29.4 Å². The van der Waals surface area contributed by atoms with Crippen molar-refractivity contribution in [2.45, 2.75) is 63.2 Å². The Morgan fingerprint density at radius 2 is 1.81 bits per heavy atom. The molecule has 1 aliphatic carbocycles. The maximum absolute atomic E-state index is 13.3. The molecule has 0 bridgehead atoms. The van der Waals surface area contributed by atoms with Gasteiger partial charge in [0.05, 0.1) is 17.2 Å². The number of ether oxygens (including phenoxy) is 2. The van der Waals surface area contributed by atoms with Gasteiger partial charge in [0, 0.05) is 25.7 Å². The minimum atomic E-state index is -2.84. The lowest BCUT2D eigenvalue weighted by Gasteiger charge is -2.35. The lowest BCUT2D eigenvalue weighted by atomic mass is 9.92. The summed E-state index contributed by atoms with van der Waals surface area (Å²) in [5.74, 6) is -4.78. The molecule has 0 radical (unpaired) electrons. The zero-order valence-electron chi connectivity index (χ0n) is 16.9. The Morgan fingerprint density at radius 3 is 2.48 bits per heavy atom. The molecular weight excluding hydrogens is 414 g/mol. The molecule has 0 spiro atoms. The third-order valence-corrected chi connectivity index (χ3v) is 5.81. The number of rotatable bonds is 7. The van der Waals surface area contributed by atoms with Crippen molar-refractivity contribution in [1.82, 2.24) is 10.2 Å². The van der Waals surface area contributed by atoms with Crippen LogP contribution in [0.5, 0.6) is 5.75 Å². The largest absolute Gasteiger partial charge is 0.490 e. The summed E-state index contributed by atoms with van der Waals surface area (Å²) in [7, 11) is 0. The van der Waals surface area contributed by atoms with Crippen molar-refractivity contribution in [2.24, 2.45) is 0 Å². The van der Waals surface area contributed by atoms with Gasteiger partial charge in [-0.2, -0.15) is 0 Å². The third-order valence-electron chi connectivity index (χ3n) is 5.81. The molecule has 1 aromatic carbocycles. The van der Waals surface area contributed by atoms with Crippen LogP contribution < -0.4 is 10.1 Å². The molecule has 4 rings (SSSR count). The van der Waals surface area contributed by atoms with Crippen LogP contribution in [-0.4, -0.2) is 59.3 Å². The first kappa shape index (κ1) is 21.4.